The van der Waals surface area contributed by atoms with Crippen LogP contribution in [0.4, 0.5) is 0 Å². The molecule has 104 valence electrons. The van der Waals surface area contributed by atoms with Crippen molar-refractivity contribution in [1.29, 1.82) is 0 Å². The van der Waals surface area contributed by atoms with Crippen LogP contribution in [0.3, 0.4) is 0 Å². The van der Waals surface area contributed by atoms with E-state index < -0.39 is 0 Å². The molecule has 0 radical (unpaired) electrons. The molecule has 19 heavy (non-hydrogen) atoms. The second-order valence-electron chi connectivity index (χ2n) is 4.58. The Morgan fingerprint density at radius 1 is 1.21 bits per heavy atom. The molecule has 1 aromatic rings. The van der Waals surface area contributed by atoms with E-state index in [0.29, 0.717) is 39.1 Å². The lowest BCUT2D eigenvalue weighted by Crippen LogP contribution is -2.37. The van der Waals surface area contributed by atoms with Crippen molar-refractivity contribution in [3.8, 4) is 0 Å². The second-order valence-corrected chi connectivity index (χ2v) is 5.36. The van der Waals surface area contributed by atoms with E-state index in [0.717, 1.165) is 12.0 Å². The summed E-state index contributed by atoms with van der Waals surface area (Å²) in [7, 11) is 0. The van der Waals surface area contributed by atoms with Crippen molar-refractivity contribution < 1.29 is 9.59 Å². The predicted molar refractivity (Wildman–Crippen MR) is 75.1 cm³/mol. The molecule has 0 spiro atoms. The maximum atomic E-state index is 12.2. The number of hydrogen-bond donors (Lipinski definition) is 1. The Kier molecular flexibility index (Phi) is 4.93. The van der Waals surface area contributed by atoms with Crippen LogP contribution in [-0.4, -0.2) is 54.3 Å². The molecular weight excluding hydrogens is 262 g/mol. The zero-order valence-corrected chi connectivity index (χ0v) is 11.7. The van der Waals surface area contributed by atoms with Crippen LogP contribution in [0.25, 0.3) is 0 Å². The molecule has 0 aliphatic carbocycles. The Hall–Kier alpha value is -1.40. The highest BCUT2D eigenvalue weighted by atomic mass is 32.1. The minimum Gasteiger partial charge on any atom is -0.341 e. The lowest BCUT2D eigenvalue weighted by molar-refractivity contribution is -0.130. The molecule has 2 amide bonds. The van der Waals surface area contributed by atoms with Gasteiger partial charge in [-0.05, 0) is 17.9 Å². The van der Waals surface area contributed by atoms with Crippen LogP contribution in [0.5, 0.6) is 0 Å². The summed E-state index contributed by atoms with van der Waals surface area (Å²) in [6.07, 6.45) is 1.21. The van der Waals surface area contributed by atoms with Gasteiger partial charge in [-0.15, -0.1) is 0 Å². The minimum absolute atomic E-state index is 0.0642. The summed E-state index contributed by atoms with van der Waals surface area (Å²) in [6.45, 7) is 3.01. The van der Waals surface area contributed by atoms with Crippen LogP contribution >= 0.6 is 11.3 Å². The Morgan fingerprint density at radius 3 is 2.63 bits per heavy atom. The number of carbonyl (C=O) groups excluding carboxylic acids is 2. The number of nitrogens with zero attached hydrogens (tertiary/aromatic N) is 2. The summed E-state index contributed by atoms with van der Waals surface area (Å²) in [5, 5.41) is 3.77. The third-order valence-electron chi connectivity index (χ3n) is 3.26. The molecular formula is C13H19N3O2S. The van der Waals surface area contributed by atoms with Gasteiger partial charge in [0, 0.05) is 44.5 Å². The lowest BCUT2D eigenvalue weighted by atomic mass is 10.3. The Labute approximate surface area is 117 Å². The molecule has 6 heteroatoms. The highest BCUT2D eigenvalue weighted by Crippen LogP contribution is 2.12. The third-order valence-corrected chi connectivity index (χ3v) is 3.95. The van der Waals surface area contributed by atoms with Gasteiger partial charge in [0.2, 0.25) is 5.91 Å². The van der Waals surface area contributed by atoms with Gasteiger partial charge >= 0.3 is 0 Å². The lowest BCUT2D eigenvalue weighted by Gasteiger charge is -2.21. The summed E-state index contributed by atoms with van der Waals surface area (Å²) < 4.78 is 0. The van der Waals surface area contributed by atoms with Gasteiger partial charge in [-0.1, -0.05) is 0 Å². The van der Waals surface area contributed by atoms with E-state index in [9.17, 15) is 9.59 Å². The number of thiophene rings is 1. The molecule has 1 saturated heterocycles. The summed E-state index contributed by atoms with van der Waals surface area (Å²) in [5.41, 5.74) is 6.15. The van der Waals surface area contributed by atoms with Crippen molar-refractivity contribution in [1.82, 2.24) is 9.80 Å². The zero-order chi connectivity index (χ0) is 13.7. The highest BCUT2D eigenvalue weighted by molar-refractivity contribution is 7.08. The zero-order valence-electron chi connectivity index (χ0n) is 10.9. The average molecular weight is 281 g/mol. The van der Waals surface area contributed by atoms with E-state index in [2.05, 4.69) is 0 Å². The van der Waals surface area contributed by atoms with Crippen molar-refractivity contribution in [2.75, 3.05) is 32.7 Å². The fraction of sp³-hybridized carbons (Fsp3) is 0.538. The summed E-state index contributed by atoms with van der Waals surface area (Å²) >= 11 is 1.52. The van der Waals surface area contributed by atoms with Gasteiger partial charge < -0.3 is 15.5 Å². The molecule has 2 heterocycles. The third kappa shape index (κ3) is 3.54. The Morgan fingerprint density at radius 2 is 1.95 bits per heavy atom. The van der Waals surface area contributed by atoms with Crippen molar-refractivity contribution in [3.05, 3.63) is 22.4 Å². The van der Waals surface area contributed by atoms with Crippen molar-refractivity contribution >= 4 is 23.2 Å². The summed E-state index contributed by atoms with van der Waals surface area (Å²) in [6, 6.07) is 1.84. The van der Waals surface area contributed by atoms with Crippen LogP contribution in [0.15, 0.2) is 16.8 Å². The van der Waals surface area contributed by atoms with Gasteiger partial charge in [-0.3, -0.25) is 9.59 Å². The van der Waals surface area contributed by atoms with E-state index in [1.165, 1.54) is 11.3 Å². The number of hydrogen-bond acceptors (Lipinski definition) is 4. The number of carbonyl (C=O) groups is 2. The maximum absolute atomic E-state index is 12.2. The van der Waals surface area contributed by atoms with Gasteiger partial charge in [0.25, 0.3) is 5.91 Å². The summed E-state index contributed by atoms with van der Waals surface area (Å²) in [4.78, 5) is 27.7. The van der Waals surface area contributed by atoms with Crippen molar-refractivity contribution in [3.63, 3.8) is 0 Å². The normalized spacial score (nSPS) is 16.3. The first-order valence-electron chi connectivity index (χ1n) is 6.51. The second kappa shape index (κ2) is 6.68. The molecule has 5 nitrogen and oxygen atoms in total. The van der Waals surface area contributed by atoms with E-state index in [1.54, 1.807) is 0 Å². The van der Waals surface area contributed by atoms with E-state index >= 15 is 0 Å². The maximum Gasteiger partial charge on any atom is 0.254 e. The molecule has 1 aliphatic heterocycles. The van der Waals surface area contributed by atoms with Crippen molar-refractivity contribution in [2.24, 2.45) is 5.73 Å². The van der Waals surface area contributed by atoms with Gasteiger partial charge in [-0.25, -0.2) is 0 Å². The average Bonchev–Trinajstić information content (AvgIpc) is 2.82. The van der Waals surface area contributed by atoms with Crippen LogP contribution in [-0.2, 0) is 4.79 Å². The van der Waals surface area contributed by atoms with Gasteiger partial charge in [-0.2, -0.15) is 11.3 Å². The van der Waals surface area contributed by atoms with E-state index in [-0.39, 0.29) is 11.8 Å². The number of amides is 2. The number of rotatable bonds is 3. The fourth-order valence-electron chi connectivity index (χ4n) is 2.22. The predicted octanol–water partition coefficient (Wildman–Crippen LogP) is 0.771. The van der Waals surface area contributed by atoms with Crippen LogP contribution in [0.1, 0.15) is 23.2 Å². The molecule has 0 atom stereocenters. The Balaban J connectivity index is 1.93. The SMILES string of the molecule is NCCC(=O)N1CCCN(C(=O)c2ccsc2)CC1. The van der Waals surface area contributed by atoms with Gasteiger partial charge in [0.15, 0.2) is 0 Å². The van der Waals surface area contributed by atoms with Gasteiger partial charge in [0.05, 0.1) is 5.56 Å². The molecule has 0 aromatic carbocycles. The molecule has 0 saturated carbocycles. The first-order valence-corrected chi connectivity index (χ1v) is 7.46. The largest absolute Gasteiger partial charge is 0.341 e. The molecule has 1 fully saturated rings. The quantitative estimate of drug-likeness (QED) is 0.890. The smallest absolute Gasteiger partial charge is 0.254 e. The van der Waals surface area contributed by atoms with E-state index in [4.69, 9.17) is 5.73 Å². The fourth-order valence-corrected chi connectivity index (χ4v) is 2.85. The molecule has 0 bridgehead atoms. The highest BCUT2D eigenvalue weighted by Gasteiger charge is 2.22. The molecule has 1 aromatic heterocycles. The minimum atomic E-state index is 0.0642. The number of nitrogens with two attached hydrogens (primary N) is 1. The standard InChI is InChI=1S/C13H19N3O2S/c14-4-2-12(17)15-5-1-6-16(8-7-15)13(18)11-3-9-19-10-11/h3,9-10H,1-2,4-8,14H2. The van der Waals surface area contributed by atoms with Crippen LogP contribution in [0, 0.1) is 0 Å². The molecule has 0 unspecified atom stereocenters. The van der Waals surface area contributed by atoms with Gasteiger partial charge in [0.1, 0.15) is 0 Å². The summed E-state index contributed by atoms with van der Waals surface area (Å²) in [5.74, 6) is 0.154. The molecule has 2 rings (SSSR count). The monoisotopic (exact) mass is 281 g/mol. The van der Waals surface area contributed by atoms with E-state index in [1.807, 2.05) is 26.6 Å². The Bertz CT molecular complexity index is 433. The van der Waals surface area contributed by atoms with Crippen LogP contribution < -0.4 is 5.73 Å². The molecule has 2 N–H and O–H groups in total. The topological polar surface area (TPSA) is 66.6 Å². The first-order chi connectivity index (χ1) is 9.22. The molecule has 1 aliphatic rings. The van der Waals surface area contributed by atoms with Crippen molar-refractivity contribution in [2.45, 2.75) is 12.8 Å². The van der Waals surface area contributed by atoms with Crippen LogP contribution in [0.2, 0.25) is 0 Å². The first kappa shape index (κ1) is 14.0.